The van der Waals surface area contributed by atoms with Gasteiger partial charge in [-0.05, 0) is 35.9 Å². The SMILES string of the molecule is CCOC(=O)/C(F)=C\C1C(C(=O)Cl)C1(C)C. The Morgan fingerprint density at radius 2 is 2.06 bits per heavy atom. The molecule has 0 aromatic carbocycles. The van der Waals surface area contributed by atoms with Gasteiger partial charge in [-0.15, -0.1) is 0 Å². The average molecular weight is 249 g/mol. The Morgan fingerprint density at radius 1 is 1.50 bits per heavy atom. The molecule has 0 N–H and O–H groups in total. The van der Waals surface area contributed by atoms with Crippen LogP contribution in [0.4, 0.5) is 4.39 Å². The zero-order valence-electron chi connectivity index (χ0n) is 9.42. The van der Waals surface area contributed by atoms with E-state index < -0.39 is 23.0 Å². The molecule has 0 radical (unpaired) electrons. The van der Waals surface area contributed by atoms with Gasteiger partial charge in [-0.1, -0.05) is 13.8 Å². The molecule has 2 unspecified atom stereocenters. The van der Waals surface area contributed by atoms with Gasteiger partial charge in [0.1, 0.15) is 0 Å². The zero-order valence-corrected chi connectivity index (χ0v) is 10.2. The maximum Gasteiger partial charge on any atom is 0.366 e. The van der Waals surface area contributed by atoms with Crippen molar-refractivity contribution < 1.29 is 18.7 Å². The van der Waals surface area contributed by atoms with Crippen LogP contribution in [0.25, 0.3) is 0 Å². The number of ether oxygens (including phenoxy) is 1. The van der Waals surface area contributed by atoms with Crippen molar-refractivity contribution in [2.45, 2.75) is 20.8 Å². The van der Waals surface area contributed by atoms with E-state index in [1.807, 2.05) is 0 Å². The third-order valence-electron chi connectivity index (χ3n) is 2.95. The largest absolute Gasteiger partial charge is 0.461 e. The van der Waals surface area contributed by atoms with Gasteiger partial charge in [-0.3, -0.25) is 4.79 Å². The number of hydrogen-bond acceptors (Lipinski definition) is 3. The minimum Gasteiger partial charge on any atom is -0.461 e. The first-order valence-corrected chi connectivity index (χ1v) is 5.44. The molecule has 1 fully saturated rings. The smallest absolute Gasteiger partial charge is 0.366 e. The summed E-state index contributed by atoms with van der Waals surface area (Å²) in [4.78, 5) is 22.0. The van der Waals surface area contributed by atoms with Crippen molar-refractivity contribution in [2.24, 2.45) is 17.3 Å². The second-order valence-electron chi connectivity index (χ2n) is 4.36. The number of halogens is 2. The topological polar surface area (TPSA) is 43.4 Å². The first-order valence-electron chi connectivity index (χ1n) is 5.06. The zero-order chi connectivity index (χ0) is 12.5. The van der Waals surface area contributed by atoms with E-state index in [-0.39, 0.29) is 17.9 Å². The Kier molecular flexibility index (Phi) is 3.73. The second kappa shape index (κ2) is 4.53. The number of carbonyl (C=O) groups is 2. The van der Waals surface area contributed by atoms with Crippen molar-refractivity contribution in [2.75, 3.05) is 6.61 Å². The van der Waals surface area contributed by atoms with Crippen LogP contribution < -0.4 is 0 Å². The van der Waals surface area contributed by atoms with E-state index in [0.717, 1.165) is 6.08 Å². The number of esters is 1. The molecule has 0 spiro atoms. The van der Waals surface area contributed by atoms with Gasteiger partial charge in [0.15, 0.2) is 0 Å². The molecular formula is C11H14ClFO3. The van der Waals surface area contributed by atoms with Gasteiger partial charge in [0.2, 0.25) is 11.1 Å². The summed E-state index contributed by atoms with van der Waals surface area (Å²) in [5.74, 6) is -2.71. The summed E-state index contributed by atoms with van der Waals surface area (Å²) in [6, 6.07) is 0. The van der Waals surface area contributed by atoms with Crippen molar-refractivity contribution in [1.29, 1.82) is 0 Å². The Hall–Kier alpha value is -0.900. The van der Waals surface area contributed by atoms with Crippen LogP contribution in [-0.2, 0) is 14.3 Å². The number of rotatable bonds is 4. The first kappa shape index (κ1) is 13.2. The molecule has 1 aliphatic rings. The van der Waals surface area contributed by atoms with Crippen molar-refractivity contribution in [3.63, 3.8) is 0 Å². The number of hydrogen-bond donors (Lipinski definition) is 0. The van der Waals surface area contributed by atoms with Crippen LogP contribution >= 0.6 is 11.6 Å². The van der Waals surface area contributed by atoms with Gasteiger partial charge < -0.3 is 4.74 Å². The average Bonchev–Trinajstić information content (AvgIpc) is 2.68. The maximum absolute atomic E-state index is 13.3. The highest BCUT2D eigenvalue weighted by molar-refractivity contribution is 6.64. The lowest BCUT2D eigenvalue weighted by atomic mass is 10.1. The quantitative estimate of drug-likeness (QED) is 0.436. The molecule has 5 heteroatoms. The number of allylic oxidation sites excluding steroid dienone is 1. The van der Waals surface area contributed by atoms with Gasteiger partial charge in [0, 0.05) is 5.92 Å². The van der Waals surface area contributed by atoms with Gasteiger partial charge in [-0.25, -0.2) is 4.79 Å². The monoisotopic (exact) mass is 248 g/mol. The lowest BCUT2D eigenvalue weighted by Gasteiger charge is -1.99. The van der Waals surface area contributed by atoms with Crippen molar-refractivity contribution in [3.8, 4) is 0 Å². The van der Waals surface area contributed by atoms with Crippen LogP contribution in [0.3, 0.4) is 0 Å². The van der Waals surface area contributed by atoms with Gasteiger partial charge >= 0.3 is 5.97 Å². The van der Waals surface area contributed by atoms with Crippen LogP contribution in [-0.4, -0.2) is 17.8 Å². The molecule has 0 bridgehead atoms. The van der Waals surface area contributed by atoms with Crippen molar-refractivity contribution >= 4 is 22.8 Å². The van der Waals surface area contributed by atoms with E-state index >= 15 is 0 Å². The van der Waals surface area contributed by atoms with Crippen molar-refractivity contribution in [1.82, 2.24) is 0 Å². The second-order valence-corrected chi connectivity index (χ2v) is 4.74. The summed E-state index contributed by atoms with van der Waals surface area (Å²) in [5, 5.41) is -0.497. The normalized spacial score (nSPS) is 27.4. The summed E-state index contributed by atoms with van der Waals surface area (Å²) in [6.45, 7) is 5.32. The highest BCUT2D eigenvalue weighted by Crippen LogP contribution is 2.60. The molecule has 0 heterocycles. The molecule has 90 valence electrons. The Bertz CT molecular complexity index is 349. The Labute approximate surface area is 98.6 Å². The minimum atomic E-state index is -0.994. The van der Waals surface area contributed by atoms with E-state index in [4.69, 9.17) is 11.6 Å². The van der Waals surface area contributed by atoms with Crippen LogP contribution in [0.2, 0.25) is 0 Å². The molecule has 1 rings (SSSR count). The highest BCUT2D eigenvalue weighted by Gasteiger charge is 2.60. The fourth-order valence-corrected chi connectivity index (χ4v) is 2.26. The predicted molar refractivity (Wildman–Crippen MR) is 57.4 cm³/mol. The molecule has 0 saturated heterocycles. The van der Waals surface area contributed by atoms with E-state index in [0.29, 0.717) is 0 Å². The third kappa shape index (κ3) is 2.43. The van der Waals surface area contributed by atoms with Crippen LogP contribution in [0.15, 0.2) is 11.9 Å². The first-order chi connectivity index (χ1) is 7.32. The summed E-state index contributed by atoms with van der Waals surface area (Å²) < 4.78 is 17.8. The molecule has 2 atom stereocenters. The molecule has 1 saturated carbocycles. The molecule has 0 amide bonds. The van der Waals surface area contributed by atoms with Crippen molar-refractivity contribution in [3.05, 3.63) is 11.9 Å². The molecular weight excluding hydrogens is 235 g/mol. The Balaban J connectivity index is 2.72. The van der Waals surface area contributed by atoms with Crippen LogP contribution in [0.5, 0.6) is 0 Å². The molecule has 16 heavy (non-hydrogen) atoms. The molecule has 0 aliphatic heterocycles. The van der Waals surface area contributed by atoms with Gasteiger partial charge in [0.25, 0.3) is 0 Å². The summed E-state index contributed by atoms with van der Waals surface area (Å²) >= 11 is 5.37. The molecule has 0 aromatic heterocycles. The lowest BCUT2D eigenvalue weighted by molar-refractivity contribution is -0.140. The Morgan fingerprint density at radius 3 is 2.44 bits per heavy atom. The van der Waals surface area contributed by atoms with E-state index in [2.05, 4.69) is 4.74 Å². The van der Waals surface area contributed by atoms with Crippen LogP contribution in [0, 0.1) is 17.3 Å². The molecule has 3 nitrogen and oxygen atoms in total. The summed E-state index contributed by atoms with van der Waals surface area (Å²) in [6.07, 6.45) is 1.13. The minimum absolute atomic E-state index is 0.117. The number of carbonyl (C=O) groups excluding carboxylic acids is 2. The fourth-order valence-electron chi connectivity index (χ4n) is 1.85. The maximum atomic E-state index is 13.3. The molecule has 1 aliphatic carbocycles. The van der Waals surface area contributed by atoms with Crippen LogP contribution in [0.1, 0.15) is 20.8 Å². The van der Waals surface area contributed by atoms with E-state index in [1.54, 1.807) is 20.8 Å². The predicted octanol–water partition coefficient (Wildman–Crippen LogP) is 2.44. The van der Waals surface area contributed by atoms with Gasteiger partial charge in [-0.2, -0.15) is 4.39 Å². The summed E-state index contributed by atoms with van der Waals surface area (Å²) in [7, 11) is 0. The summed E-state index contributed by atoms with van der Waals surface area (Å²) in [5.41, 5.74) is -0.386. The van der Waals surface area contributed by atoms with E-state index in [9.17, 15) is 14.0 Å². The van der Waals surface area contributed by atoms with Gasteiger partial charge in [0.05, 0.1) is 6.61 Å². The highest BCUT2D eigenvalue weighted by atomic mass is 35.5. The van der Waals surface area contributed by atoms with E-state index in [1.165, 1.54) is 0 Å². The fraction of sp³-hybridized carbons (Fsp3) is 0.636. The third-order valence-corrected chi connectivity index (χ3v) is 3.19. The lowest BCUT2D eigenvalue weighted by Crippen LogP contribution is -2.05. The molecule has 0 aromatic rings. The standard InChI is InChI=1S/C11H14ClFO3/c1-4-16-10(15)7(13)5-6-8(9(12)14)11(6,2)3/h5-6,8H,4H2,1-3H3/b7-5+.